The van der Waals surface area contributed by atoms with E-state index in [0.29, 0.717) is 24.5 Å². The van der Waals surface area contributed by atoms with E-state index in [1.165, 1.54) is 0 Å². The maximum Gasteiger partial charge on any atom is 0.254 e. The van der Waals surface area contributed by atoms with E-state index in [1.807, 2.05) is 9.80 Å². The van der Waals surface area contributed by atoms with Crippen LogP contribution in [0.2, 0.25) is 0 Å². The van der Waals surface area contributed by atoms with E-state index in [0.717, 1.165) is 38.8 Å². The van der Waals surface area contributed by atoms with E-state index < -0.39 is 0 Å². The SMILES string of the molecule is CNc1cc(C(=O)N2CCC(C(=O)N3CCCC3)CC2)ccn1. The van der Waals surface area contributed by atoms with E-state index in [2.05, 4.69) is 10.3 Å². The van der Waals surface area contributed by atoms with Gasteiger partial charge in [0.2, 0.25) is 5.91 Å². The smallest absolute Gasteiger partial charge is 0.254 e. The molecule has 3 rings (SSSR count). The van der Waals surface area contributed by atoms with Crippen molar-refractivity contribution in [3.8, 4) is 0 Å². The van der Waals surface area contributed by atoms with Gasteiger partial charge in [0.1, 0.15) is 5.82 Å². The van der Waals surface area contributed by atoms with Crippen LogP contribution >= 0.6 is 0 Å². The van der Waals surface area contributed by atoms with Crippen LogP contribution in [-0.2, 0) is 4.79 Å². The molecule has 23 heavy (non-hydrogen) atoms. The molecule has 124 valence electrons. The molecule has 2 aliphatic heterocycles. The Morgan fingerprint density at radius 3 is 2.48 bits per heavy atom. The summed E-state index contributed by atoms with van der Waals surface area (Å²) in [6, 6.07) is 3.51. The molecule has 0 atom stereocenters. The van der Waals surface area contributed by atoms with E-state index in [1.54, 1.807) is 25.4 Å². The minimum absolute atomic E-state index is 0.0240. The number of piperidine rings is 1. The monoisotopic (exact) mass is 316 g/mol. The number of amides is 2. The second kappa shape index (κ2) is 6.98. The van der Waals surface area contributed by atoms with Gasteiger partial charge in [-0.2, -0.15) is 0 Å². The second-order valence-corrected chi connectivity index (χ2v) is 6.28. The molecule has 0 unspecified atom stereocenters. The van der Waals surface area contributed by atoms with Crippen molar-refractivity contribution in [3.63, 3.8) is 0 Å². The van der Waals surface area contributed by atoms with Crippen molar-refractivity contribution in [2.24, 2.45) is 5.92 Å². The molecule has 1 aromatic rings. The van der Waals surface area contributed by atoms with Gasteiger partial charge >= 0.3 is 0 Å². The van der Waals surface area contributed by atoms with E-state index in [9.17, 15) is 9.59 Å². The fourth-order valence-electron chi connectivity index (χ4n) is 3.41. The Kier molecular flexibility index (Phi) is 4.79. The van der Waals surface area contributed by atoms with Crippen LogP contribution in [0.1, 0.15) is 36.0 Å². The van der Waals surface area contributed by atoms with Crippen molar-refractivity contribution in [1.29, 1.82) is 0 Å². The number of pyridine rings is 1. The molecule has 1 N–H and O–H groups in total. The summed E-state index contributed by atoms with van der Waals surface area (Å²) in [5, 5.41) is 2.95. The van der Waals surface area contributed by atoms with Crippen molar-refractivity contribution in [3.05, 3.63) is 23.9 Å². The Morgan fingerprint density at radius 1 is 1.13 bits per heavy atom. The number of hydrogen-bond donors (Lipinski definition) is 1. The minimum Gasteiger partial charge on any atom is -0.373 e. The first-order valence-electron chi connectivity index (χ1n) is 8.41. The molecule has 6 nitrogen and oxygen atoms in total. The van der Waals surface area contributed by atoms with Crippen LogP contribution in [0.3, 0.4) is 0 Å². The lowest BCUT2D eigenvalue weighted by Crippen LogP contribution is -2.43. The summed E-state index contributed by atoms with van der Waals surface area (Å²) in [6.45, 7) is 3.12. The summed E-state index contributed by atoms with van der Waals surface area (Å²) in [6.07, 6.45) is 5.43. The van der Waals surface area contributed by atoms with Crippen molar-refractivity contribution in [2.45, 2.75) is 25.7 Å². The summed E-state index contributed by atoms with van der Waals surface area (Å²) < 4.78 is 0. The maximum atomic E-state index is 12.6. The third-order valence-corrected chi connectivity index (χ3v) is 4.81. The largest absolute Gasteiger partial charge is 0.373 e. The molecule has 2 amide bonds. The second-order valence-electron chi connectivity index (χ2n) is 6.28. The summed E-state index contributed by atoms with van der Waals surface area (Å²) in [5.41, 5.74) is 0.647. The third kappa shape index (κ3) is 3.46. The fourth-order valence-corrected chi connectivity index (χ4v) is 3.41. The summed E-state index contributed by atoms with van der Waals surface area (Å²) in [7, 11) is 1.78. The number of carbonyl (C=O) groups is 2. The van der Waals surface area contributed by atoms with Gasteiger partial charge in [-0.3, -0.25) is 9.59 Å². The lowest BCUT2D eigenvalue weighted by Gasteiger charge is -2.33. The van der Waals surface area contributed by atoms with E-state index in [-0.39, 0.29) is 17.7 Å². The normalized spacial score (nSPS) is 19.0. The molecule has 0 saturated carbocycles. The van der Waals surface area contributed by atoms with Gasteiger partial charge in [0.25, 0.3) is 5.91 Å². The van der Waals surface area contributed by atoms with Gasteiger partial charge in [0, 0.05) is 50.9 Å². The molecule has 0 aromatic carbocycles. The molecule has 2 saturated heterocycles. The number of likely N-dealkylation sites (tertiary alicyclic amines) is 2. The maximum absolute atomic E-state index is 12.6. The number of rotatable bonds is 3. The molecule has 0 spiro atoms. The van der Waals surface area contributed by atoms with Gasteiger partial charge in [-0.1, -0.05) is 0 Å². The molecular weight excluding hydrogens is 292 g/mol. The Labute approximate surface area is 136 Å². The molecule has 2 fully saturated rings. The zero-order chi connectivity index (χ0) is 16.2. The van der Waals surface area contributed by atoms with Crippen LogP contribution in [0.15, 0.2) is 18.3 Å². The standard InChI is InChI=1S/C17H24N4O2/c1-18-15-12-14(4-7-19-15)17(23)21-10-5-13(6-11-21)16(22)20-8-2-3-9-20/h4,7,12-13H,2-3,5-6,8-11H2,1H3,(H,18,19). The highest BCUT2D eigenvalue weighted by Crippen LogP contribution is 2.23. The Hall–Kier alpha value is -2.11. The lowest BCUT2D eigenvalue weighted by atomic mass is 9.95. The molecule has 1 aromatic heterocycles. The first-order valence-corrected chi connectivity index (χ1v) is 8.41. The zero-order valence-corrected chi connectivity index (χ0v) is 13.6. The quantitative estimate of drug-likeness (QED) is 0.920. The fraction of sp³-hybridized carbons (Fsp3) is 0.588. The number of hydrogen-bond acceptors (Lipinski definition) is 4. The van der Waals surface area contributed by atoms with Gasteiger partial charge in [-0.05, 0) is 37.8 Å². The number of carbonyl (C=O) groups excluding carboxylic acids is 2. The highest BCUT2D eigenvalue weighted by Gasteiger charge is 2.31. The first kappa shape index (κ1) is 15.8. The summed E-state index contributed by atoms with van der Waals surface area (Å²) in [4.78, 5) is 33.0. The predicted octanol–water partition coefficient (Wildman–Crippen LogP) is 1.60. The Morgan fingerprint density at radius 2 is 1.83 bits per heavy atom. The van der Waals surface area contributed by atoms with Crippen LogP contribution in [0, 0.1) is 5.92 Å². The predicted molar refractivity (Wildman–Crippen MR) is 88.2 cm³/mol. The lowest BCUT2D eigenvalue weighted by molar-refractivity contribution is -0.135. The van der Waals surface area contributed by atoms with Crippen LogP contribution in [0.25, 0.3) is 0 Å². The molecule has 0 bridgehead atoms. The summed E-state index contributed by atoms with van der Waals surface area (Å²) >= 11 is 0. The molecular formula is C17H24N4O2. The first-order chi connectivity index (χ1) is 11.2. The topological polar surface area (TPSA) is 65.5 Å². The zero-order valence-electron chi connectivity index (χ0n) is 13.6. The van der Waals surface area contributed by atoms with Gasteiger partial charge in [0.05, 0.1) is 0 Å². The molecule has 2 aliphatic rings. The van der Waals surface area contributed by atoms with Gasteiger partial charge in [-0.15, -0.1) is 0 Å². The van der Waals surface area contributed by atoms with Gasteiger partial charge in [-0.25, -0.2) is 4.98 Å². The van der Waals surface area contributed by atoms with Gasteiger partial charge in [0.15, 0.2) is 0 Å². The van der Waals surface area contributed by atoms with Crippen molar-refractivity contribution >= 4 is 17.6 Å². The Bertz CT molecular complexity index is 576. The van der Waals surface area contributed by atoms with Crippen molar-refractivity contribution in [2.75, 3.05) is 38.5 Å². The van der Waals surface area contributed by atoms with Crippen molar-refractivity contribution in [1.82, 2.24) is 14.8 Å². The number of nitrogens with zero attached hydrogens (tertiary/aromatic N) is 3. The molecule has 0 aliphatic carbocycles. The van der Waals surface area contributed by atoms with Crippen LogP contribution in [-0.4, -0.2) is 59.8 Å². The Balaban J connectivity index is 1.57. The highest BCUT2D eigenvalue weighted by atomic mass is 16.2. The van der Waals surface area contributed by atoms with Crippen LogP contribution < -0.4 is 5.32 Å². The average molecular weight is 316 g/mol. The average Bonchev–Trinajstić information content (AvgIpc) is 3.15. The number of anilines is 1. The van der Waals surface area contributed by atoms with Gasteiger partial charge < -0.3 is 15.1 Å². The van der Waals surface area contributed by atoms with Crippen molar-refractivity contribution < 1.29 is 9.59 Å². The molecule has 3 heterocycles. The third-order valence-electron chi connectivity index (χ3n) is 4.81. The number of aromatic nitrogens is 1. The van der Waals surface area contributed by atoms with E-state index >= 15 is 0 Å². The molecule has 0 radical (unpaired) electrons. The molecule has 6 heteroatoms. The minimum atomic E-state index is 0.0240. The number of nitrogens with one attached hydrogen (secondary N) is 1. The highest BCUT2D eigenvalue weighted by molar-refractivity contribution is 5.95. The van der Waals surface area contributed by atoms with Crippen LogP contribution in [0.5, 0.6) is 0 Å². The van der Waals surface area contributed by atoms with Crippen LogP contribution in [0.4, 0.5) is 5.82 Å². The summed E-state index contributed by atoms with van der Waals surface area (Å²) in [5.74, 6) is 1.09. The van der Waals surface area contributed by atoms with E-state index in [4.69, 9.17) is 0 Å².